The van der Waals surface area contributed by atoms with Crippen LogP contribution in [-0.4, -0.2) is 22.5 Å². The van der Waals surface area contributed by atoms with Gasteiger partial charge in [0.2, 0.25) is 0 Å². The van der Waals surface area contributed by atoms with E-state index in [0.717, 1.165) is 13.8 Å². The summed E-state index contributed by atoms with van der Waals surface area (Å²) in [4.78, 5) is 24.9. The molecule has 11 heavy (non-hydrogen) atoms. The fourth-order valence-corrected chi connectivity index (χ4v) is 0. The van der Waals surface area contributed by atoms with Crippen molar-refractivity contribution >= 4 is 11.9 Å². The summed E-state index contributed by atoms with van der Waals surface area (Å²) in [5, 5.41) is 14.6. The van der Waals surface area contributed by atoms with E-state index in [1.54, 1.807) is 0 Å². The van der Waals surface area contributed by atoms with Gasteiger partial charge in [-0.25, -0.2) is 9.59 Å². The zero-order valence-corrected chi connectivity index (χ0v) is 7.09. The molecule has 0 aliphatic heterocycles. The van der Waals surface area contributed by atoms with Gasteiger partial charge in [-0.05, 0) is 0 Å². The number of carbonyl (C=O) groups excluding carboxylic acids is 2. The average Bonchev–Trinajstić information content (AvgIpc) is 1.89. The maximum atomic E-state index is 9.34. The van der Waals surface area contributed by atoms with Gasteiger partial charge < -0.3 is 9.78 Å². The van der Waals surface area contributed by atoms with Crippen molar-refractivity contribution in [3.8, 4) is 0 Å². The summed E-state index contributed by atoms with van der Waals surface area (Å²) in [6.07, 6.45) is 0. The summed E-state index contributed by atoms with van der Waals surface area (Å²) in [5.74, 6) is -1.38. The predicted molar refractivity (Wildman–Crippen MR) is 28.8 cm³/mol. The van der Waals surface area contributed by atoms with Crippen molar-refractivity contribution in [2.75, 3.05) is 0 Å². The van der Waals surface area contributed by atoms with Crippen molar-refractivity contribution in [3.63, 3.8) is 0 Å². The molecule has 0 saturated carbocycles. The summed E-state index contributed by atoms with van der Waals surface area (Å²) in [7, 11) is 0. The molecule has 0 atom stereocenters. The Morgan fingerprint density at radius 3 is 1.09 bits per heavy atom. The van der Waals surface area contributed by atoms with Crippen LogP contribution >= 0.6 is 0 Å². The molecule has 0 rings (SSSR count). The molecule has 0 heterocycles. The van der Waals surface area contributed by atoms with Crippen molar-refractivity contribution in [2.45, 2.75) is 13.8 Å². The molecule has 0 aromatic carbocycles. The van der Waals surface area contributed by atoms with Crippen LogP contribution in [0.15, 0.2) is 0 Å². The molecular weight excluding hydrogens is 199 g/mol. The molecule has 0 saturated heterocycles. The van der Waals surface area contributed by atoms with Gasteiger partial charge in [0.15, 0.2) is 0 Å². The van der Waals surface area contributed by atoms with Crippen LogP contribution < -0.4 is 0 Å². The summed E-state index contributed by atoms with van der Waals surface area (Å²) < 4.78 is 0. The zero-order valence-electron chi connectivity index (χ0n) is 5.91. The molecule has 0 aliphatic rings. The van der Waals surface area contributed by atoms with Gasteiger partial charge in [-0.1, -0.05) is 0 Å². The van der Waals surface area contributed by atoms with Crippen molar-refractivity contribution in [3.05, 3.63) is 0 Å². The first-order valence-electron chi connectivity index (χ1n) is 2.18. The third kappa shape index (κ3) is 44.7. The Morgan fingerprint density at radius 1 is 1.00 bits per heavy atom. The Bertz CT molecular complexity index is 99.1. The monoisotopic (exact) mass is 207 g/mol. The Kier molecular flexibility index (Phi) is 18.4. The first-order valence-corrected chi connectivity index (χ1v) is 2.18. The molecule has 0 spiro atoms. The molecule has 0 fully saturated rings. The number of carbonyl (C=O) groups is 2. The Morgan fingerprint density at radius 2 is 1.09 bits per heavy atom. The van der Waals surface area contributed by atoms with Crippen LogP contribution in [0.25, 0.3) is 0 Å². The molecule has 0 amide bonds. The Hall–Kier alpha value is -0.621. The van der Waals surface area contributed by atoms with Gasteiger partial charge in [0, 0.05) is 30.9 Å². The zero-order chi connectivity index (χ0) is 8.57. The van der Waals surface area contributed by atoms with E-state index in [2.05, 4.69) is 9.78 Å². The largest absolute Gasteiger partial charge is 0.339 e. The van der Waals surface area contributed by atoms with Crippen LogP contribution in [0.5, 0.6) is 0 Å². The van der Waals surface area contributed by atoms with E-state index < -0.39 is 11.9 Å². The smallest absolute Gasteiger partial charge is 0.301 e. The minimum absolute atomic E-state index is 0. The van der Waals surface area contributed by atoms with E-state index in [1.165, 1.54) is 0 Å². The van der Waals surface area contributed by atoms with Gasteiger partial charge in [0.25, 0.3) is 0 Å². The van der Waals surface area contributed by atoms with Crippen molar-refractivity contribution < 1.29 is 46.9 Å². The van der Waals surface area contributed by atoms with Gasteiger partial charge in [0.05, 0.1) is 0 Å². The molecule has 0 bridgehead atoms. The summed E-state index contributed by atoms with van der Waals surface area (Å²) in [6.45, 7) is 2.22. The minimum Gasteiger partial charge on any atom is -0.301 e. The molecule has 0 unspecified atom stereocenters. The van der Waals surface area contributed by atoms with Gasteiger partial charge in [-0.2, -0.15) is 10.5 Å². The van der Waals surface area contributed by atoms with Gasteiger partial charge >= 0.3 is 11.9 Å². The van der Waals surface area contributed by atoms with Gasteiger partial charge in [-0.15, -0.1) is 0 Å². The van der Waals surface area contributed by atoms with Crippen molar-refractivity contribution in [1.29, 1.82) is 0 Å². The second kappa shape index (κ2) is 12.1. The van der Waals surface area contributed by atoms with Crippen LogP contribution in [0.2, 0.25) is 0 Å². The van der Waals surface area contributed by atoms with Crippen molar-refractivity contribution in [2.24, 2.45) is 0 Å². The minimum atomic E-state index is -0.690. The normalized spacial score (nSPS) is 6.18. The summed E-state index contributed by atoms with van der Waals surface area (Å²) in [5.41, 5.74) is 0. The van der Waals surface area contributed by atoms with E-state index in [1.807, 2.05) is 0 Å². The Labute approximate surface area is 73.4 Å². The standard InChI is InChI=1S/2C2H4O3.Mn/c2*1-2(3)5-4;/h2*4H,1H3;. The van der Waals surface area contributed by atoms with E-state index in [0.29, 0.717) is 0 Å². The molecule has 7 heteroatoms. The summed E-state index contributed by atoms with van der Waals surface area (Å²) in [6, 6.07) is 0. The fraction of sp³-hybridized carbons (Fsp3) is 0.500. The molecular formula is C4H8MnO6. The molecule has 0 aromatic rings. The molecule has 1 radical (unpaired) electrons. The maximum absolute atomic E-state index is 9.34. The molecule has 0 aliphatic carbocycles. The topological polar surface area (TPSA) is 93.1 Å². The van der Waals surface area contributed by atoms with Crippen LogP contribution in [0.4, 0.5) is 0 Å². The van der Waals surface area contributed by atoms with Gasteiger partial charge in [-0.3, -0.25) is 0 Å². The van der Waals surface area contributed by atoms with E-state index >= 15 is 0 Å². The second-order valence-electron chi connectivity index (χ2n) is 1.17. The predicted octanol–water partition coefficient (Wildman–Crippen LogP) is 0.0425. The molecule has 0 aromatic heterocycles. The first kappa shape index (κ1) is 16.8. The maximum Gasteiger partial charge on any atom is 0.339 e. The third-order valence-corrected chi connectivity index (χ3v) is 0.257. The van der Waals surface area contributed by atoms with Crippen LogP contribution in [0, 0.1) is 0 Å². The van der Waals surface area contributed by atoms with Crippen LogP contribution in [0.1, 0.15) is 13.8 Å². The molecule has 67 valence electrons. The second-order valence-corrected chi connectivity index (χ2v) is 1.17. The number of hydrogen-bond donors (Lipinski definition) is 2. The number of rotatable bonds is 0. The van der Waals surface area contributed by atoms with Crippen molar-refractivity contribution in [1.82, 2.24) is 0 Å². The molecule has 6 nitrogen and oxygen atoms in total. The third-order valence-electron chi connectivity index (χ3n) is 0.257. The van der Waals surface area contributed by atoms with Crippen LogP contribution in [-0.2, 0) is 36.4 Å². The average molecular weight is 207 g/mol. The molecule has 2 N–H and O–H groups in total. The first-order chi connectivity index (χ1) is 4.54. The quantitative estimate of drug-likeness (QED) is 0.331. The Balaban J connectivity index is -0.000000107. The summed E-state index contributed by atoms with van der Waals surface area (Å²) >= 11 is 0. The van der Waals surface area contributed by atoms with E-state index in [-0.39, 0.29) is 17.1 Å². The fourth-order valence-electron chi connectivity index (χ4n) is 0. The van der Waals surface area contributed by atoms with Crippen LogP contribution in [0.3, 0.4) is 0 Å². The number of hydrogen-bond acceptors (Lipinski definition) is 6. The SMILES string of the molecule is CC(=O)OO.CC(=O)OO.[Mn]. The van der Waals surface area contributed by atoms with E-state index in [4.69, 9.17) is 10.5 Å². The van der Waals surface area contributed by atoms with E-state index in [9.17, 15) is 9.59 Å². The van der Waals surface area contributed by atoms with Gasteiger partial charge in [0.1, 0.15) is 0 Å².